The number of ether oxygens (including phenoxy) is 4. The number of aliphatic hydroxyl groups is 2. The van der Waals surface area contributed by atoms with Crippen LogP contribution < -0.4 is 5.32 Å². The first-order chi connectivity index (χ1) is 25.6. The molecule has 3 N–H and O–H groups in total. The smallest absolute Gasteiger partial charge is 0.303 e. The summed E-state index contributed by atoms with van der Waals surface area (Å²) in [7, 11) is 1.72. The van der Waals surface area contributed by atoms with Gasteiger partial charge in [-0.05, 0) is 93.1 Å². The summed E-state index contributed by atoms with van der Waals surface area (Å²) >= 11 is 0. The maximum atomic E-state index is 13.9. The summed E-state index contributed by atoms with van der Waals surface area (Å²) in [5, 5.41) is 20.0. The van der Waals surface area contributed by atoms with E-state index in [-0.39, 0.29) is 48.4 Å². The van der Waals surface area contributed by atoms with Gasteiger partial charge >= 0.3 is 5.97 Å². The maximum Gasteiger partial charge on any atom is 0.303 e. The first-order valence-corrected chi connectivity index (χ1v) is 20.5. The molecule has 0 aromatic heterocycles. The Kier molecular flexibility index (Phi) is 19.7. The minimum atomic E-state index is -1.19. The summed E-state index contributed by atoms with van der Waals surface area (Å²) in [5.41, 5.74) is -0.603. The van der Waals surface area contributed by atoms with Crippen molar-refractivity contribution in [3.05, 3.63) is 23.8 Å². The van der Waals surface area contributed by atoms with E-state index in [1.54, 1.807) is 13.2 Å². The second-order valence-electron chi connectivity index (χ2n) is 16.5. The fourth-order valence-electron chi connectivity index (χ4n) is 9.34. The Balaban J connectivity index is 0.000000618. The van der Waals surface area contributed by atoms with Crippen molar-refractivity contribution in [2.45, 2.75) is 145 Å². The van der Waals surface area contributed by atoms with Crippen LogP contribution in [0.4, 0.5) is 0 Å². The fraction of sp³-hybridized carbons (Fsp3) is 0.814. The predicted molar refractivity (Wildman–Crippen MR) is 209 cm³/mol. The molecule has 1 aliphatic heterocycles. The summed E-state index contributed by atoms with van der Waals surface area (Å²) in [6, 6.07) is 0. The van der Waals surface area contributed by atoms with Crippen molar-refractivity contribution >= 4 is 23.4 Å². The summed E-state index contributed by atoms with van der Waals surface area (Å²) in [6.07, 6.45) is 11.7. The molecule has 8 unspecified atom stereocenters. The Morgan fingerprint density at radius 3 is 2.28 bits per heavy atom. The highest BCUT2D eigenvalue weighted by atomic mass is 16.7. The molecule has 11 nitrogen and oxygen atoms in total. The van der Waals surface area contributed by atoms with Gasteiger partial charge in [-0.15, -0.1) is 0 Å². The average Bonchev–Trinajstić information content (AvgIpc) is 3.61. The van der Waals surface area contributed by atoms with E-state index in [0.717, 1.165) is 38.7 Å². The third-order valence-corrected chi connectivity index (χ3v) is 11.9. The molecule has 5 aliphatic rings. The lowest BCUT2D eigenvalue weighted by Gasteiger charge is -2.58. The van der Waals surface area contributed by atoms with Crippen LogP contribution in [0.5, 0.6) is 0 Å². The van der Waals surface area contributed by atoms with Crippen molar-refractivity contribution in [1.29, 1.82) is 0 Å². The number of rotatable bonds is 14. The summed E-state index contributed by atoms with van der Waals surface area (Å²) in [4.78, 5) is 49.6. The van der Waals surface area contributed by atoms with Crippen LogP contribution in [-0.2, 0) is 38.1 Å². The Hall–Kier alpha value is -2.44. The van der Waals surface area contributed by atoms with E-state index in [4.69, 9.17) is 29.2 Å². The topological polar surface area (TPSA) is 158 Å². The van der Waals surface area contributed by atoms with E-state index < -0.39 is 29.4 Å². The number of allylic oxidation sites excluding steroid dienone is 4. The Morgan fingerprint density at radius 2 is 1.72 bits per heavy atom. The fourth-order valence-corrected chi connectivity index (χ4v) is 9.34. The number of esters is 1. The van der Waals surface area contributed by atoms with Gasteiger partial charge in [0.15, 0.2) is 24.3 Å². The molecule has 0 bridgehead atoms. The lowest BCUT2D eigenvalue weighted by molar-refractivity contribution is -0.188. The van der Waals surface area contributed by atoms with Crippen molar-refractivity contribution in [1.82, 2.24) is 5.32 Å². The molecule has 0 spiro atoms. The molecule has 310 valence electrons. The van der Waals surface area contributed by atoms with Crippen LogP contribution in [0.1, 0.15) is 127 Å². The molecular formula is C43H73NO10. The molecule has 11 heteroatoms. The van der Waals surface area contributed by atoms with Crippen LogP contribution in [0.15, 0.2) is 23.8 Å². The number of hydrogen-bond acceptors (Lipinski definition) is 10. The number of amides is 1. The van der Waals surface area contributed by atoms with E-state index in [0.29, 0.717) is 62.5 Å². The molecule has 0 aromatic carbocycles. The zero-order valence-electron chi connectivity index (χ0n) is 35.0. The van der Waals surface area contributed by atoms with Crippen LogP contribution >= 0.6 is 0 Å². The molecule has 1 amide bonds. The second-order valence-corrected chi connectivity index (χ2v) is 16.5. The van der Waals surface area contributed by atoms with Gasteiger partial charge in [0.1, 0.15) is 0 Å². The lowest BCUT2D eigenvalue weighted by atomic mass is 9.47. The third kappa shape index (κ3) is 11.6. The highest BCUT2D eigenvalue weighted by molar-refractivity contribution is 6.01. The van der Waals surface area contributed by atoms with Crippen LogP contribution in [0.2, 0.25) is 0 Å². The van der Waals surface area contributed by atoms with Crippen molar-refractivity contribution in [2.24, 2.45) is 40.4 Å². The standard InChI is InChI=1S/C31H43NO8.2C5H12O.C2H6/c1-19(34)38-18-25(36)31-26(39-28(40-31)7-4-14-32-27(37)6-5-15-33)17-24-22-9-8-20-16-21(35)10-12-29(20,2)23(22)11-13-30(24,31)3;1-5(2)4-6-3;1-5(2)3-4-6;1-2/h10,12,16,22-24,26,28,33H,4-9,11,13-15,17-18H2,1-3H3,(H,32,37);5H,4H2,1-3H3;5-6H,3-4H2,1-2H3;1-2H3. The molecule has 4 fully saturated rings. The van der Waals surface area contributed by atoms with Crippen LogP contribution in [0.25, 0.3) is 0 Å². The van der Waals surface area contributed by atoms with Crippen molar-refractivity contribution in [3.8, 4) is 0 Å². The number of hydrogen-bond donors (Lipinski definition) is 3. The largest absolute Gasteiger partial charge is 0.458 e. The molecule has 1 saturated heterocycles. The molecule has 54 heavy (non-hydrogen) atoms. The van der Waals surface area contributed by atoms with Gasteiger partial charge in [0.2, 0.25) is 11.7 Å². The number of Topliss-reactive ketones (excluding diaryl/α,β-unsaturated/α-hetero) is 1. The molecular weight excluding hydrogens is 690 g/mol. The van der Waals surface area contributed by atoms with Gasteiger partial charge in [-0.25, -0.2) is 0 Å². The highest BCUT2D eigenvalue weighted by Gasteiger charge is 2.74. The van der Waals surface area contributed by atoms with Gasteiger partial charge in [0, 0.05) is 64.1 Å². The van der Waals surface area contributed by atoms with Gasteiger partial charge < -0.3 is 34.5 Å². The van der Waals surface area contributed by atoms with Gasteiger partial charge in [-0.3, -0.25) is 19.2 Å². The Morgan fingerprint density at radius 1 is 1.02 bits per heavy atom. The molecule has 4 aliphatic carbocycles. The molecule has 3 saturated carbocycles. The second kappa shape index (κ2) is 22.3. The van der Waals surface area contributed by atoms with Gasteiger partial charge in [-0.2, -0.15) is 0 Å². The molecule has 0 aromatic rings. The number of ketones is 2. The minimum absolute atomic E-state index is 0.0170. The zero-order valence-corrected chi connectivity index (χ0v) is 35.0. The quantitative estimate of drug-likeness (QED) is 0.131. The van der Waals surface area contributed by atoms with E-state index in [1.807, 2.05) is 19.9 Å². The van der Waals surface area contributed by atoms with Gasteiger partial charge in [-0.1, -0.05) is 67.0 Å². The monoisotopic (exact) mass is 764 g/mol. The Bertz CT molecular complexity index is 1270. The predicted octanol–water partition coefficient (Wildman–Crippen LogP) is 6.53. The van der Waals surface area contributed by atoms with E-state index in [2.05, 4.69) is 52.9 Å². The molecule has 1 heterocycles. The molecule has 8 atom stereocenters. The van der Waals surface area contributed by atoms with E-state index in [1.165, 1.54) is 12.5 Å². The molecule has 5 rings (SSSR count). The zero-order chi connectivity index (χ0) is 40.7. The number of aliphatic hydroxyl groups excluding tert-OH is 2. The first kappa shape index (κ1) is 47.7. The van der Waals surface area contributed by atoms with Crippen LogP contribution in [0, 0.1) is 40.4 Å². The Labute approximate surface area is 325 Å². The summed E-state index contributed by atoms with van der Waals surface area (Å²) < 4.78 is 23.1. The number of methoxy groups -OCH3 is 1. The summed E-state index contributed by atoms with van der Waals surface area (Å²) in [6.45, 7) is 19.5. The number of carbonyl (C=O) groups is 4. The van der Waals surface area contributed by atoms with E-state index >= 15 is 0 Å². The number of fused-ring (bicyclic) bond motifs is 7. The van der Waals surface area contributed by atoms with Crippen molar-refractivity contribution in [3.63, 3.8) is 0 Å². The number of nitrogens with one attached hydrogen (secondary N) is 1. The third-order valence-electron chi connectivity index (χ3n) is 11.9. The van der Waals surface area contributed by atoms with Gasteiger partial charge in [0.05, 0.1) is 6.10 Å². The SMILES string of the molecule is CC.CC(=O)OCC(=O)C12OC(CCCNC(=O)CCCO)OC1CC1C3CCC4=CC(=O)C=CC4(C)C3CCC12C.CC(C)CCO.COCC(C)C. The van der Waals surface area contributed by atoms with E-state index in [9.17, 15) is 19.2 Å². The first-order valence-electron chi connectivity index (χ1n) is 20.5. The van der Waals surface area contributed by atoms with Crippen molar-refractivity contribution < 1.29 is 48.3 Å². The van der Waals surface area contributed by atoms with Gasteiger partial charge in [0.25, 0.3) is 0 Å². The summed E-state index contributed by atoms with van der Waals surface area (Å²) in [5.74, 6) is 1.49. The highest BCUT2D eigenvalue weighted by Crippen LogP contribution is 2.69. The average molecular weight is 764 g/mol. The normalized spacial score (nSPS) is 31.6. The lowest BCUT2D eigenvalue weighted by Crippen LogP contribution is -2.60. The number of carbonyl (C=O) groups excluding carboxylic acids is 4. The van der Waals surface area contributed by atoms with Crippen molar-refractivity contribution in [2.75, 3.05) is 40.1 Å². The molecule has 0 radical (unpaired) electrons. The minimum Gasteiger partial charge on any atom is -0.458 e. The maximum absolute atomic E-state index is 13.9. The van der Waals surface area contributed by atoms with Crippen LogP contribution in [0.3, 0.4) is 0 Å². The van der Waals surface area contributed by atoms with Crippen LogP contribution in [-0.4, -0.2) is 91.7 Å².